The number of hydrogen-bond acceptors (Lipinski definition) is 5. The van der Waals surface area contributed by atoms with Crippen LogP contribution in [-0.2, 0) is 4.79 Å². The van der Waals surface area contributed by atoms with E-state index in [0.717, 1.165) is 16.0 Å². The number of aromatic nitrogens is 1. The molecule has 3 aromatic rings. The molecular formula is C20H17N3OS2. The molecule has 26 heavy (non-hydrogen) atoms. The van der Waals surface area contributed by atoms with Crippen LogP contribution in [0.25, 0.3) is 22.9 Å². The predicted molar refractivity (Wildman–Crippen MR) is 109 cm³/mol. The Hall–Kier alpha value is -2.75. The second-order valence-corrected chi connectivity index (χ2v) is 7.55. The lowest BCUT2D eigenvalue weighted by Crippen LogP contribution is -2.08. The SMILES string of the molecule is CCC(=O)Nc1sc(/C(C#N)=C/c2sccc2C)nc1-c1ccccc1. The summed E-state index contributed by atoms with van der Waals surface area (Å²) in [7, 11) is 0. The highest BCUT2D eigenvalue weighted by Crippen LogP contribution is 2.37. The third kappa shape index (κ3) is 3.90. The molecule has 0 spiro atoms. The molecule has 0 bridgehead atoms. The van der Waals surface area contributed by atoms with Gasteiger partial charge in [-0.2, -0.15) is 5.26 Å². The van der Waals surface area contributed by atoms with Crippen molar-refractivity contribution in [3.8, 4) is 17.3 Å². The molecule has 0 unspecified atom stereocenters. The van der Waals surface area contributed by atoms with E-state index < -0.39 is 0 Å². The summed E-state index contributed by atoms with van der Waals surface area (Å²) in [5, 5.41) is 15.8. The fourth-order valence-electron chi connectivity index (χ4n) is 2.33. The van der Waals surface area contributed by atoms with Gasteiger partial charge in [-0.15, -0.1) is 11.3 Å². The molecule has 3 rings (SSSR count). The minimum absolute atomic E-state index is 0.0750. The van der Waals surface area contributed by atoms with Crippen LogP contribution in [0.2, 0.25) is 0 Å². The van der Waals surface area contributed by atoms with Crippen molar-refractivity contribution in [3.63, 3.8) is 0 Å². The van der Waals surface area contributed by atoms with Gasteiger partial charge in [0.15, 0.2) is 0 Å². The third-order valence-electron chi connectivity index (χ3n) is 3.78. The minimum atomic E-state index is -0.0750. The van der Waals surface area contributed by atoms with Gasteiger partial charge < -0.3 is 5.32 Å². The second-order valence-electron chi connectivity index (χ2n) is 5.60. The van der Waals surface area contributed by atoms with Gasteiger partial charge >= 0.3 is 0 Å². The number of aryl methyl sites for hydroxylation is 1. The number of carbonyl (C=O) groups is 1. The number of benzene rings is 1. The number of nitrogens with zero attached hydrogens (tertiary/aromatic N) is 2. The van der Waals surface area contributed by atoms with Crippen LogP contribution in [0, 0.1) is 18.3 Å². The highest BCUT2D eigenvalue weighted by molar-refractivity contribution is 7.17. The molecule has 1 aromatic carbocycles. The van der Waals surface area contributed by atoms with Crippen LogP contribution in [0.3, 0.4) is 0 Å². The van der Waals surface area contributed by atoms with E-state index in [4.69, 9.17) is 0 Å². The van der Waals surface area contributed by atoms with Gasteiger partial charge in [-0.3, -0.25) is 4.79 Å². The van der Waals surface area contributed by atoms with E-state index in [0.29, 0.717) is 27.7 Å². The number of nitrogens with one attached hydrogen (secondary N) is 1. The molecule has 2 aromatic heterocycles. The Morgan fingerprint density at radius 3 is 2.69 bits per heavy atom. The number of nitriles is 1. The van der Waals surface area contributed by atoms with Crippen LogP contribution in [-0.4, -0.2) is 10.9 Å². The third-order valence-corrected chi connectivity index (χ3v) is 5.75. The standard InChI is InChI=1S/C20H17N3OS2/c1-3-17(24)22-20-18(14-7-5-4-6-8-14)23-19(26-20)15(12-21)11-16-13(2)9-10-25-16/h4-11H,3H2,1-2H3,(H,22,24)/b15-11+. The van der Waals surface area contributed by atoms with E-state index in [1.54, 1.807) is 18.3 Å². The molecule has 0 atom stereocenters. The Kier molecular flexibility index (Phi) is 5.61. The number of anilines is 1. The molecule has 0 aliphatic rings. The maximum atomic E-state index is 11.9. The number of carbonyl (C=O) groups excluding carboxylic acids is 1. The van der Waals surface area contributed by atoms with E-state index in [1.807, 2.05) is 54.8 Å². The van der Waals surface area contributed by atoms with Crippen LogP contribution in [0.5, 0.6) is 0 Å². The van der Waals surface area contributed by atoms with Crippen molar-refractivity contribution >= 4 is 45.2 Å². The quantitative estimate of drug-likeness (QED) is 0.587. The fraction of sp³-hybridized carbons (Fsp3) is 0.150. The molecule has 2 heterocycles. The summed E-state index contributed by atoms with van der Waals surface area (Å²) in [4.78, 5) is 17.6. The van der Waals surface area contributed by atoms with Crippen molar-refractivity contribution < 1.29 is 4.79 Å². The van der Waals surface area contributed by atoms with E-state index in [9.17, 15) is 10.1 Å². The first-order chi connectivity index (χ1) is 12.6. The first-order valence-electron chi connectivity index (χ1n) is 8.14. The second kappa shape index (κ2) is 8.09. The van der Waals surface area contributed by atoms with Crippen LogP contribution >= 0.6 is 22.7 Å². The van der Waals surface area contributed by atoms with E-state index in [-0.39, 0.29) is 5.91 Å². The number of amides is 1. The van der Waals surface area contributed by atoms with Gasteiger partial charge in [-0.25, -0.2) is 4.98 Å². The summed E-state index contributed by atoms with van der Waals surface area (Å²) < 4.78 is 0. The first-order valence-corrected chi connectivity index (χ1v) is 9.84. The van der Waals surface area contributed by atoms with Crippen molar-refractivity contribution in [2.75, 3.05) is 5.32 Å². The summed E-state index contributed by atoms with van der Waals surface area (Å²) in [5.41, 5.74) is 3.22. The normalized spacial score (nSPS) is 11.2. The van der Waals surface area contributed by atoms with Crippen LogP contribution in [0.15, 0.2) is 41.8 Å². The number of thiazole rings is 1. The number of thiophene rings is 1. The van der Waals surface area contributed by atoms with Gasteiger partial charge in [0, 0.05) is 16.9 Å². The maximum absolute atomic E-state index is 11.9. The van der Waals surface area contributed by atoms with Crippen molar-refractivity contribution in [1.29, 1.82) is 5.26 Å². The Morgan fingerprint density at radius 2 is 2.08 bits per heavy atom. The highest BCUT2D eigenvalue weighted by Gasteiger charge is 2.17. The average molecular weight is 380 g/mol. The Labute approximate surface area is 160 Å². The van der Waals surface area contributed by atoms with Gasteiger partial charge in [-0.05, 0) is 30.0 Å². The lowest BCUT2D eigenvalue weighted by Gasteiger charge is -2.03. The Balaban J connectivity index is 2.08. The van der Waals surface area contributed by atoms with Crippen LogP contribution in [0.1, 0.15) is 28.8 Å². The predicted octanol–water partition coefficient (Wildman–Crippen LogP) is 5.59. The topological polar surface area (TPSA) is 65.8 Å². The molecule has 1 amide bonds. The Morgan fingerprint density at radius 1 is 1.31 bits per heavy atom. The lowest BCUT2D eigenvalue weighted by molar-refractivity contribution is -0.115. The molecular weight excluding hydrogens is 362 g/mol. The molecule has 0 aliphatic carbocycles. The Bertz CT molecular complexity index is 994. The largest absolute Gasteiger partial charge is 0.316 e. The van der Waals surface area contributed by atoms with Crippen LogP contribution in [0.4, 0.5) is 5.00 Å². The van der Waals surface area contributed by atoms with Crippen LogP contribution < -0.4 is 5.32 Å². The summed E-state index contributed by atoms with van der Waals surface area (Å²) in [5.74, 6) is -0.0750. The average Bonchev–Trinajstić information content (AvgIpc) is 3.26. The van der Waals surface area contributed by atoms with Gasteiger partial charge in [0.05, 0.1) is 5.57 Å². The molecule has 4 nitrogen and oxygen atoms in total. The molecule has 1 N–H and O–H groups in total. The summed E-state index contributed by atoms with van der Waals surface area (Å²) >= 11 is 2.92. The van der Waals surface area contributed by atoms with Crippen molar-refractivity contribution in [1.82, 2.24) is 4.98 Å². The fourth-order valence-corrected chi connectivity index (χ4v) is 4.16. The highest BCUT2D eigenvalue weighted by atomic mass is 32.1. The number of allylic oxidation sites excluding steroid dienone is 1. The summed E-state index contributed by atoms with van der Waals surface area (Å²) in [6.45, 7) is 3.82. The molecule has 130 valence electrons. The van der Waals surface area contributed by atoms with E-state index >= 15 is 0 Å². The van der Waals surface area contributed by atoms with Crippen molar-refractivity contribution in [3.05, 3.63) is 57.2 Å². The first kappa shape index (κ1) is 18.1. The minimum Gasteiger partial charge on any atom is -0.316 e. The monoisotopic (exact) mass is 379 g/mol. The zero-order valence-electron chi connectivity index (χ0n) is 14.4. The lowest BCUT2D eigenvalue weighted by atomic mass is 10.1. The van der Waals surface area contributed by atoms with Gasteiger partial charge in [0.2, 0.25) is 5.91 Å². The van der Waals surface area contributed by atoms with Crippen molar-refractivity contribution in [2.45, 2.75) is 20.3 Å². The molecule has 0 radical (unpaired) electrons. The van der Waals surface area contributed by atoms with Gasteiger partial charge in [0.1, 0.15) is 21.8 Å². The van der Waals surface area contributed by atoms with E-state index in [1.165, 1.54) is 11.3 Å². The van der Waals surface area contributed by atoms with Gasteiger partial charge in [0.25, 0.3) is 0 Å². The number of hydrogen-bond donors (Lipinski definition) is 1. The molecule has 0 saturated carbocycles. The zero-order valence-corrected chi connectivity index (χ0v) is 16.1. The molecule has 0 saturated heterocycles. The smallest absolute Gasteiger partial charge is 0.224 e. The maximum Gasteiger partial charge on any atom is 0.224 e. The molecule has 0 aliphatic heterocycles. The van der Waals surface area contributed by atoms with E-state index in [2.05, 4.69) is 16.4 Å². The van der Waals surface area contributed by atoms with Gasteiger partial charge in [-0.1, -0.05) is 48.6 Å². The van der Waals surface area contributed by atoms with Crippen molar-refractivity contribution in [2.24, 2.45) is 0 Å². The summed E-state index contributed by atoms with van der Waals surface area (Å²) in [6, 6.07) is 13.9. The summed E-state index contributed by atoms with van der Waals surface area (Å²) in [6.07, 6.45) is 2.25. The molecule has 0 fully saturated rings. The molecule has 6 heteroatoms. The number of rotatable bonds is 5. The zero-order chi connectivity index (χ0) is 18.5.